The predicted octanol–water partition coefficient (Wildman–Crippen LogP) is 5.46. The number of rotatable bonds is 8. The van der Waals surface area contributed by atoms with Gasteiger partial charge in [-0.1, -0.05) is 26.0 Å². The van der Waals surface area contributed by atoms with E-state index >= 15 is 0 Å². The number of urea groups is 1. The molecule has 228 valence electrons. The van der Waals surface area contributed by atoms with E-state index < -0.39 is 28.8 Å². The molecule has 0 spiro atoms. The van der Waals surface area contributed by atoms with Crippen molar-refractivity contribution in [3.8, 4) is 16.8 Å². The van der Waals surface area contributed by atoms with E-state index in [0.717, 1.165) is 6.07 Å². The van der Waals surface area contributed by atoms with Gasteiger partial charge in [0.15, 0.2) is 0 Å². The standard InChI is InChI=1S/C31H32F2N8O3/c1-17(2)24-14-26(41(39-24)21-8-6-7-20(32)13-21)37-30(44)36-25-12-18(9-10-23(25)33)22-11-19-15-35-29(34-5)38-27(19)40(28(22)43)31(3,4)16-42/h6-15,17,42H,16H2,1-5H3,(H,34,35,38)(H2,36,37,44). The normalized spacial score (nSPS) is 11.7. The maximum Gasteiger partial charge on any atom is 0.324 e. The number of halogens is 2. The molecule has 5 rings (SSSR count). The summed E-state index contributed by atoms with van der Waals surface area (Å²) in [6, 6.07) is 12.1. The third kappa shape index (κ3) is 5.86. The first-order valence-electron chi connectivity index (χ1n) is 13.9. The third-order valence-corrected chi connectivity index (χ3v) is 7.10. The number of carbonyl (C=O) groups excluding carboxylic acids is 1. The van der Waals surface area contributed by atoms with Gasteiger partial charge in [0.25, 0.3) is 5.56 Å². The van der Waals surface area contributed by atoms with Crippen molar-refractivity contribution in [3.05, 3.63) is 88.5 Å². The molecule has 3 aromatic heterocycles. The molecule has 2 aromatic carbocycles. The number of nitrogens with zero attached hydrogens (tertiary/aromatic N) is 5. The molecule has 11 nitrogen and oxygen atoms in total. The number of aliphatic hydroxyl groups excluding tert-OH is 1. The second-order valence-electron chi connectivity index (χ2n) is 11.2. The molecule has 2 amide bonds. The number of hydrogen-bond donors (Lipinski definition) is 4. The Morgan fingerprint density at radius 2 is 1.84 bits per heavy atom. The molecule has 0 atom stereocenters. The highest BCUT2D eigenvalue weighted by Crippen LogP contribution is 2.28. The van der Waals surface area contributed by atoms with Gasteiger partial charge < -0.3 is 15.7 Å². The molecule has 0 unspecified atom stereocenters. The quantitative estimate of drug-likeness (QED) is 0.185. The van der Waals surface area contributed by atoms with Crippen molar-refractivity contribution >= 4 is 34.5 Å². The number of pyridine rings is 1. The predicted molar refractivity (Wildman–Crippen MR) is 165 cm³/mol. The van der Waals surface area contributed by atoms with Crippen molar-refractivity contribution in [2.45, 2.75) is 39.2 Å². The van der Waals surface area contributed by atoms with Crippen LogP contribution in [-0.2, 0) is 5.54 Å². The Kier molecular flexibility index (Phi) is 8.15. The van der Waals surface area contributed by atoms with Crippen LogP contribution in [0.2, 0.25) is 0 Å². The molecule has 3 heterocycles. The van der Waals surface area contributed by atoms with Crippen LogP contribution in [0.3, 0.4) is 0 Å². The number of aromatic nitrogens is 5. The van der Waals surface area contributed by atoms with Gasteiger partial charge in [0.2, 0.25) is 5.95 Å². The number of benzene rings is 2. The van der Waals surface area contributed by atoms with Crippen molar-refractivity contribution in [3.63, 3.8) is 0 Å². The minimum absolute atomic E-state index is 0.0135. The molecule has 13 heteroatoms. The monoisotopic (exact) mass is 602 g/mol. The number of hydrogen-bond acceptors (Lipinski definition) is 7. The zero-order chi connectivity index (χ0) is 31.8. The minimum Gasteiger partial charge on any atom is -0.394 e. The van der Waals surface area contributed by atoms with Crippen LogP contribution < -0.4 is 21.5 Å². The van der Waals surface area contributed by atoms with E-state index in [4.69, 9.17) is 0 Å². The Bertz CT molecular complexity index is 1930. The van der Waals surface area contributed by atoms with Crippen molar-refractivity contribution in [1.82, 2.24) is 24.3 Å². The van der Waals surface area contributed by atoms with Gasteiger partial charge in [-0.2, -0.15) is 10.1 Å². The lowest BCUT2D eigenvalue weighted by atomic mass is 10.0. The molecular weight excluding hydrogens is 570 g/mol. The van der Waals surface area contributed by atoms with Crippen LogP contribution in [0.1, 0.15) is 39.3 Å². The minimum atomic E-state index is -1.04. The Labute approximate surface area is 251 Å². The van der Waals surface area contributed by atoms with Gasteiger partial charge in [-0.15, -0.1) is 0 Å². The van der Waals surface area contributed by atoms with Gasteiger partial charge in [-0.25, -0.2) is 23.2 Å². The largest absolute Gasteiger partial charge is 0.394 e. The van der Waals surface area contributed by atoms with Crippen LogP contribution in [-0.4, -0.2) is 49.1 Å². The van der Waals surface area contributed by atoms with E-state index in [-0.39, 0.29) is 29.6 Å². The molecule has 0 bridgehead atoms. The lowest BCUT2D eigenvalue weighted by Crippen LogP contribution is -2.40. The first kappa shape index (κ1) is 30.3. The van der Waals surface area contributed by atoms with Crippen LogP contribution in [0, 0.1) is 11.6 Å². The number of nitrogens with one attached hydrogen (secondary N) is 3. The summed E-state index contributed by atoms with van der Waals surface area (Å²) < 4.78 is 31.7. The fourth-order valence-electron chi connectivity index (χ4n) is 4.69. The van der Waals surface area contributed by atoms with Crippen molar-refractivity contribution in [2.75, 3.05) is 29.6 Å². The van der Waals surface area contributed by atoms with Gasteiger partial charge in [-0.05, 0) is 61.7 Å². The van der Waals surface area contributed by atoms with Gasteiger partial charge >= 0.3 is 6.03 Å². The summed E-state index contributed by atoms with van der Waals surface area (Å²) in [5, 5.41) is 23.1. The highest BCUT2D eigenvalue weighted by molar-refractivity contribution is 6.00. The molecule has 4 N–H and O–H groups in total. The second-order valence-corrected chi connectivity index (χ2v) is 11.2. The first-order valence-corrected chi connectivity index (χ1v) is 13.9. The van der Waals surface area contributed by atoms with Crippen LogP contribution in [0.25, 0.3) is 27.8 Å². The van der Waals surface area contributed by atoms with Crippen molar-refractivity contribution in [1.29, 1.82) is 0 Å². The van der Waals surface area contributed by atoms with E-state index in [9.17, 15) is 23.5 Å². The van der Waals surface area contributed by atoms with Crippen LogP contribution >= 0.6 is 0 Å². The molecule has 5 aromatic rings. The lowest BCUT2D eigenvalue weighted by Gasteiger charge is -2.27. The van der Waals surface area contributed by atoms with E-state index in [0.29, 0.717) is 33.9 Å². The maximum atomic E-state index is 15.0. The summed E-state index contributed by atoms with van der Waals surface area (Å²) >= 11 is 0. The number of aliphatic hydroxyl groups is 1. The molecule has 0 aliphatic heterocycles. The number of amides is 2. The van der Waals surface area contributed by atoms with E-state index in [2.05, 4.69) is 31.0 Å². The summed E-state index contributed by atoms with van der Waals surface area (Å²) in [7, 11) is 1.65. The van der Waals surface area contributed by atoms with Crippen molar-refractivity contribution < 1.29 is 18.7 Å². The maximum absolute atomic E-state index is 15.0. The highest BCUT2D eigenvalue weighted by Gasteiger charge is 2.26. The van der Waals surface area contributed by atoms with E-state index in [1.54, 1.807) is 45.3 Å². The van der Waals surface area contributed by atoms with E-state index in [1.165, 1.54) is 39.6 Å². The Morgan fingerprint density at radius 1 is 1.07 bits per heavy atom. The van der Waals surface area contributed by atoms with Crippen LogP contribution in [0.4, 0.5) is 31.0 Å². The molecule has 0 saturated heterocycles. The van der Waals surface area contributed by atoms with Gasteiger partial charge in [-0.3, -0.25) is 14.7 Å². The van der Waals surface area contributed by atoms with Gasteiger partial charge in [0.05, 0.1) is 29.2 Å². The summed E-state index contributed by atoms with van der Waals surface area (Å²) in [5.74, 6) is -0.644. The van der Waals surface area contributed by atoms with Crippen molar-refractivity contribution in [2.24, 2.45) is 0 Å². The lowest BCUT2D eigenvalue weighted by molar-refractivity contribution is 0.164. The SMILES string of the molecule is CNc1ncc2cc(-c3ccc(F)c(NC(=O)Nc4cc(C(C)C)nn4-c4cccc(F)c4)c3)c(=O)n(C(C)(C)CO)c2n1. The second kappa shape index (κ2) is 11.8. The molecule has 0 aliphatic rings. The fraction of sp³-hybridized carbons (Fsp3) is 0.258. The zero-order valence-electron chi connectivity index (χ0n) is 24.8. The average molecular weight is 603 g/mol. The topological polar surface area (TPSA) is 139 Å². The molecule has 0 saturated carbocycles. The summed E-state index contributed by atoms with van der Waals surface area (Å²) in [4.78, 5) is 35.6. The van der Waals surface area contributed by atoms with Gasteiger partial charge in [0, 0.05) is 30.3 Å². The average Bonchev–Trinajstić information content (AvgIpc) is 3.41. The van der Waals surface area contributed by atoms with Crippen LogP contribution in [0.5, 0.6) is 0 Å². The number of anilines is 3. The molecule has 44 heavy (non-hydrogen) atoms. The van der Waals surface area contributed by atoms with E-state index in [1.807, 2.05) is 13.8 Å². The highest BCUT2D eigenvalue weighted by atomic mass is 19.1. The zero-order valence-corrected chi connectivity index (χ0v) is 24.8. The summed E-state index contributed by atoms with van der Waals surface area (Å²) in [6.07, 6.45) is 1.55. The Morgan fingerprint density at radius 3 is 2.52 bits per heavy atom. The number of fused-ring (bicyclic) bond motifs is 1. The summed E-state index contributed by atoms with van der Waals surface area (Å²) in [5.41, 5.74) is 0.175. The number of carbonyl (C=O) groups is 1. The third-order valence-electron chi connectivity index (χ3n) is 7.10. The molecular formula is C31H32F2N8O3. The summed E-state index contributed by atoms with van der Waals surface area (Å²) in [6.45, 7) is 6.89. The molecule has 0 fully saturated rings. The Balaban J connectivity index is 1.52. The molecule has 0 aliphatic carbocycles. The van der Waals surface area contributed by atoms with Gasteiger partial charge in [0.1, 0.15) is 23.1 Å². The molecule has 0 radical (unpaired) electrons. The smallest absolute Gasteiger partial charge is 0.324 e. The fourth-order valence-corrected chi connectivity index (χ4v) is 4.69. The first-order chi connectivity index (χ1) is 20.9. The van der Waals surface area contributed by atoms with Crippen LogP contribution in [0.15, 0.2) is 65.6 Å². The Hall–Kier alpha value is -5.17.